The van der Waals surface area contributed by atoms with Crippen molar-refractivity contribution in [3.8, 4) is 0 Å². The van der Waals surface area contributed by atoms with Crippen LogP contribution in [0.5, 0.6) is 0 Å². The van der Waals surface area contributed by atoms with Gasteiger partial charge >= 0.3 is 0 Å². The summed E-state index contributed by atoms with van der Waals surface area (Å²) in [5, 5.41) is 21.4. The van der Waals surface area contributed by atoms with Gasteiger partial charge in [0.05, 0.1) is 21.4 Å². The van der Waals surface area contributed by atoms with Gasteiger partial charge in [-0.05, 0) is 6.07 Å². The standard InChI is InChI=1S/C8H5N3O4/c12-10(13)6-3-1-2-5-7(11(14)15)4-9-8(5)6/h1-4,9H. The van der Waals surface area contributed by atoms with E-state index in [0.29, 0.717) is 0 Å². The summed E-state index contributed by atoms with van der Waals surface area (Å²) < 4.78 is 0. The Bertz CT molecular complexity index is 560. The van der Waals surface area contributed by atoms with Crippen LogP contribution >= 0.6 is 0 Å². The number of H-pyrrole nitrogens is 1. The summed E-state index contributed by atoms with van der Waals surface area (Å²) in [5.41, 5.74) is -0.150. The Balaban J connectivity index is 2.80. The number of hydrogen-bond acceptors (Lipinski definition) is 4. The Morgan fingerprint density at radius 2 is 1.73 bits per heavy atom. The number of non-ortho nitro benzene ring substituents is 1. The second-order valence-corrected chi connectivity index (χ2v) is 2.89. The maximum atomic E-state index is 10.6. The molecule has 0 atom stereocenters. The average Bonchev–Trinajstić information content (AvgIpc) is 2.59. The van der Waals surface area contributed by atoms with Crippen LogP contribution in [0.3, 0.4) is 0 Å². The normalized spacial score (nSPS) is 10.4. The maximum absolute atomic E-state index is 10.6. The largest absolute Gasteiger partial charge is 0.350 e. The van der Waals surface area contributed by atoms with Crippen molar-refractivity contribution in [2.45, 2.75) is 0 Å². The van der Waals surface area contributed by atoms with E-state index in [9.17, 15) is 20.2 Å². The molecule has 0 aliphatic heterocycles. The van der Waals surface area contributed by atoms with Crippen LogP contribution in [0.4, 0.5) is 11.4 Å². The van der Waals surface area contributed by atoms with Crippen molar-refractivity contribution < 1.29 is 9.85 Å². The number of fused-ring (bicyclic) bond motifs is 1. The molecule has 0 fully saturated rings. The summed E-state index contributed by atoms with van der Waals surface area (Å²) in [4.78, 5) is 22.6. The van der Waals surface area contributed by atoms with Crippen molar-refractivity contribution in [2.24, 2.45) is 0 Å². The minimum absolute atomic E-state index is 0.159. The predicted octanol–water partition coefficient (Wildman–Crippen LogP) is 1.98. The molecule has 7 nitrogen and oxygen atoms in total. The van der Waals surface area contributed by atoms with E-state index in [1.54, 1.807) is 0 Å². The van der Waals surface area contributed by atoms with Crippen LogP contribution < -0.4 is 0 Å². The Labute approximate surface area is 82.6 Å². The van der Waals surface area contributed by atoms with Gasteiger partial charge in [0, 0.05) is 6.07 Å². The fourth-order valence-electron chi connectivity index (χ4n) is 1.43. The Hall–Kier alpha value is -2.44. The predicted molar refractivity (Wildman–Crippen MR) is 51.6 cm³/mol. The number of para-hydroxylation sites is 1. The van der Waals surface area contributed by atoms with Crippen LogP contribution in [0.1, 0.15) is 0 Å². The number of nitro groups is 2. The van der Waals surface area contributed by atoms with Gasteiger partial charge in [-0.3, -0.25) is 20.2 Å². The summed E-state index contributed by atoms with van der Waals surface area (Å²) in [5.74, 6) is 0. The molecule has 0 saturated heterocycles. The highest BCUT2D eigenvalue weighted by Gasteiger charge is 2.20. The molecule has 2 aromatic rings. The summed E-state index contributed by atoms with van der Waals surface area (Å²) in [6.45, 7) is 0. The number of aromatic nitrogens is 1. The van der Waals surface area contributed by atoms with Crippen LogP contribution in [0, 0.1) is 20.2 Å². The highest BCUT2D eigenvalue weighted by molar-refractivity contribution is 5.94. The minimum atomic E-state index is -0.581. The molecule has 0 spiro atoms. The molecule has 1 aromatic heterocycles. The van der Waals surface area contributed by atoms with E-state index in [1.807, 2.05) is 0 Å². The van der Waals surface area contributed by atoms with Gasteiger partial charge in [0.15, 0.2) is 0 Å². The van der Waals surface area contributed by atoms with Crippen molar-refractivity contribution in [3.63, 3.8) is 0 Å². The lowest BCUT2D eigenvalue weighted by Gasteiger charge is -1.92. The number of nitro benzene ring substituents is 1. The topological polar surface area (TPSA) is 102 Å². The molecular formula is C8H5N3O4. The van der Waals surface area contributed by atoms with Gasteiger partial charge in [-0.1, -0.05) is 6.07 Å². The molecule has 0 saturated carbocycles. The van der Waals surface area contributed by atoms with Crippen molar-refractivity contribution in [3.05, 3.63) is 44.6 Å². The highest BCUT2D eigenvalue weighted by Crippen LogP contribution is 2.30. The number of rotatable bonds is 2. The summed E-state index contributed by atoms with van der Waals surface area (Å²) in [6, 6.07) is 4.18. The van der Waals surface area contributed by atoms with Gasteiger partial charge in [0.1, 0.15) is 5.52 Å². The third-order valence-corrected chi connectivity index (χ3v) is 2.07. The second kappa shape index (κ2) is 3.05. The second-order valence-electron chi connectivity index (χ2n) is 2.89. The molecule has 1 heterocycles. The lowest BCUT2D eigenvalue weighted by molar-refractivity contribution is -0.384. The van der Waals surface area contributed by atoms with Gasteiger partial charge in [-0.25, -0.2) is 0 Å². The summed E-state index contributed by atoms with van der Waals surface area (Å²) >= 11 is 0. The third-order valence-electron chi connectivity index (χ3n) is 2.07. The van der Waals surface area contributed by atoms with E-state index >= 15 is 0 Å². The molecule has 0 aliphatic rings. The molecular weight excluding hydrogens is 202 g/mol. The van der Waals surface area contributed by atoms with Crippen molar-refractivity contribution in [2.75, 3.05) is 0 Å². The molecule has 76 valence electrons. The molecule has 0 unspecified atom stereocenters. The molecule has 0 aliphatic carbocycles. The number of nitrogens with zero attached hydrogens (tertiary/aromatic N) is 2. The molecule has 0 bridgehead atoms. The number of nitrogens with one attached hydrogen (secondary N) is 1. The van der Waals surface area contributed by atoms with E-state index in [1.165, 1.54) is 18.2 Å². The zero-order valence-corrected chi connectivity index (χ0v) is 7.34. The highest BCUT2D eigenvalue weighted by atomic mass is 16.6. The molecule has 15 heavy (non-hydrogen) atoms. The molecule has 0 radical (unpaired) electrons. The monoisotopic (exact) mass is 207 g/mol. The van der Waals surface area contributed by atoms with E-state index < -0.39 is 9.85 Å². The quantitative estimate of drug-likeness (QED) is 0.600. The van der Waals surface area contributed by atoms with Crippen molar-refractivity contribution in [1.82, 2.24) is 4.98 Å². The Kier molecular flexibility index (Phi) is 1.86. The van der Waals surface area contributed by atoms with Gasteiger partial charge in [0.2, 0.25) is 0 Å². The summed E-state index contributed by atoms with van der Waals surface area (Å²) in [6.07, 6.45) is 1.15. The van der Waals surface area contributed by atoms with E-state index in [0.717, 1.165) is 6.20 Å². The summed E-state index contributed by atoms with van der Waals surface area (Å²) in [7, 11) is 0. The molecule has 2 rings (SSSR count). The van der Waals surface area contributed by atoms with Crippen LogP contribution in [-0.2, 0) is 0 Å². The first-order valence-electron chi connectivity index (χ1n) is 4.00. The van der Waals surface area contributed by atoms with Gasteiger partial charge < -0.3 is 4.98 Å². The molecule has 7 heteroatoms. The Morgan fingerprint density at radius 1 is 1.07 bits per heavy atom. The minimum Gasteiger partial charge on any atom is -0.350 e. The third kappa shape index (κ3) is 1.30. The van der Waals surface area contributed by atoms with E-state index in [2.05, 4.69) is 4.98 Å². The first-order chi connectivity index (χ1) is 7.11. The van der Waals surface area contributed by atoms with Crippen LogP contribution in [0.2, 0.25) is 0 Å². The van der Waals surface area contributed by atoms with Crippen LogP contribution in [0.25, 0.3) is 10.9 Å². The van der Waals surface area contributed by atoms with Gasteiger partial charge in [0.25, 0.3) is 11.4 Å². The van der Waals surface area contributed by atoms with Crippen molar-refractivity contribution in [1.29, 1.82) is 0 Å². The van der Waals surface area contributed by atoms with E-state index in [-0.39, 0.29) is 22.3 Å². The Morgan fingerprint density at radius 3 is 2.33 bits per heavy atom. The van der Waals surface area contributed by atoms with Crippen LogP contribution in [-0.4, -0.2) is 14.8 Å². The first kappa shape index (κ1) is 9.13. The fraction of sp³-hybridized carbons (Fsp3) is 0. The smallest absolute Gasteiger partial charge is 0.294 e. The number of benzene rings is 1. The van der Waals surface area contributed by atoms with Crippen LogP contribution in [0.15, 0.2) is 24.4 Å². The SMILES string of the molecule is O=[N+]([O-])c1c[nH]c2c([N+](=O)[O-])cccc12. The zero-order valence-electron chi connectivity index (χ0n) is 7.34. The fourth-order valence-corrected chi connectivity index (χ4v) is 1.43. The first-order valence-corrected chi connectivity index (χ1v) is 4.00. The molecule has 1 N–H and O–H groups in total. The zero-order chi connectivity index (χ0) is 11.0. The van der Waals surface area contributed by atoms with E-state index in [4.69, 9.17) is 0 Å². The lowest BCUT2D eigenvalue weighted by atomic mass is 10.2. The average molecular weight is 207 g/mol. The number of aromatic amines is 1. The molecule has 0 amide bonds. The van der Waals surface area contributed by atoms with Gasteiger partial charge in [-0.2, -0.15) is 0 Å². The van der Waals surface area contributed by atoms with Gasteiger partial charge in [-0.15, -0.1) is 0 Å². The lowest BCUT2D eigenvalue weighted by Crippen LogP contribution is -1.89. The number of hydrogen-bond donors (Lipinski definition) is 1. The molecule has 1 aromatic carbocycles. The van der Waals surface area contributed by atoms with Crippen molar-refractivity contribution >= 4 is 22.3 Å². The maximum Gasteiger partial charge on any atom is 0.294 e.